The summed E-state index contributed by atoms with van der Waals surface area (Å²) < 4.78 is 33.3. The molecule has 1 atom stereocenters. The second-order valence-electron chi connectivity index (χ2n) is 11.9. The van der Waals surface area contributed by atoms with Crippen LogP contribution in [0.4, 0.5) is 5.69 Å². The number of nitrogens with zero attached hydrogens (tertiary/aromatic N) is 2. The van der Waals surface area contributed by atoms with Crippen molar-refractivity contribution in [3.63, 3.8) is 0 Å². The molecule has 1 unspecified atom stereocenters. The first kappa shape index (κ1) is 29.0. The molecule has 3 aromatic carbocycles. The number of likely N-dealkylation sites (N-methyl/N-ethyl adjacent to an activating group) is 1. The van der Waals surface area contributed by atoms with Crippen molar-refractivity contribution < 1.29 is 28.1 Å². The number of carbonyl (C=O) groups excluding carboxylic acids is 2. The number of hydrogen-bond acceptors (Lipinski definition) is 8. The maximum absolute atomic E-state index is 14.0. The summed E-state index contributed by atoms with van der Waals surface area (Å²) in [5.41, 5.74) is 1.85. The second-order valence-corrected chi connectivity index (χ2v) is 11.9. The van der Waals surface area contributed by atoms with Crippen molar-refractivity contribution in [2.45, 2.75) is 51.6 Å². The van der Waals surface area contributed by atoms with Crippen molar-refractivity contribution in [2.24, 2.45) is 0 Å². The highest BCUT2D eigenvalue weighted by Gasteiger charge is 2.40. The van der Waals surface area contributed by atoms with E-state index in [2.05, 4.69) is 34.5 Å². The zero-order valence-electron chi connectivity index (χ0n) is 29.2. The Bertz CT molecular complexity index is 1670. The monoisotopic (exact) mass is 615 g/mol. The molecular weight excluding hydrogens is 571 g/mol. The number of carbonyl (C=O) groups is 2. The van der Waals surface area contributed by atoms with Gasteiger partial charge in [-0.2, -0.15) is 0 Å². The van der Waals surface area contributed by atoms with E-state index in [0.717, 1.165) is 6.42 Å². The number of rotatable bonds is 12. The molecule has 236 valence electrons. The van der Waals surface area contributed by atoms with Gasteiger partial charge in [0.15, 0.2) is 0 Å². The molecular formula is C36H41N3O6. The average Bonchev–Trinajstić information content (AvgIpc) is 3.00. The summed E-state index contributed by atoms with van der Waals surface area (Å²) in [6.45, 7) is 7.81. The van der Waals surface area contributed by atoms with Gasteiger partial charge in [-0.1, -0.05) is 72.8 Å². The number of esters is 2. The van der Waals surface area contributed by atoms with E-state index in [0.29, 0.717) is 18.8 Å². The van der Waals surface area contributed by atoms with Crippen LogP contribution in [0.5, 0.6) is 0 Å². The minimum absolute atomic E-state index is 0.0162. The van der Waals surface area contributed by atoms with Crippen molar-refractivity contribution in [1.82, 2.24) is 10.2 Å². The van der Waals surface area contributed by atoms with Gasteiger partial charge in [0.05, 0.1) is 33.1 Å². The van der Waals surface area contributed by atoms with E-state index >= 15 is 0 Å². The van der Waals surface area contributed by atoms with Crippen molar-refractivity contribution >= 4 is 17.6 Å². The third-order valence-electron chi connectivity index (χ3n) is 7.93. The van der Waals surface area contributed by atoms with Crippen LogP contribution in [-0.2, 0) is 19.1 Å². The standard InChI is InChI=1S/C36H41N3O6/c1-24-31(34(40)44-6)33(28-18-13-19-29(22-28)39(42)43)32(25(2)37-24)35(41)45-36(3,4)23-38(5)21-20-30(26-14-9-7-10-15-26)27-16-11-8-12-17-27/h7-19,22,30,33,37H,20-21,23H2,1-6H3/i6+1D3. The number of non-ortho nitro benzene ring substituents is 1. The van der Waals surface area contributed by atoms with Gasteiger partial charge in [-0.05, 0) is 64.4 Å². The van der Waals surface area contributed by atoms with E-state index < -0.39 is 35.4 Å². The topological polar surface area (TPSA) is 111 Å². The molecule has 9 nitrogen and oxygen atoms in total. The molecule has 0 amide bonds. The Hall–Kier alpha value is -4.76. The van der Waals surface area contributed by atoms with Crippen molar-refractivity contribution in [3.05, 3.63) is 134 Å². The molecule has 1 aliphatic heterocycles. The van der Waals surface area contributed by atoms with Gasteiger partial charge in [-0.25, -0.2) is 9.59 Å². The lowest BCUT2D eigenvalue weighted by Crippen LogP contribution is -2.42. The van der Waals surface area contributed by atoms with Crippen LogP contribution in [0.15, 0.2) is 107 Å². The normalized spacial score (nSPS) is 16.5. The number of benzene rings is 3. The van der Waals surface area contributed by atoms with E-state index in [4.69, 9.17) is 13.6 Å². The molecule has 1 heterocycles. The Kier molecular flexibility index (Phi) is 9.24. The van der Waals surface area contributed by atoms with E-state index in [1.165, 1.54) is 35.4 Å². The highest BCUT2D eigenvalue weighted by molar-refractivity contribution is 6.00. The predicted molar refractivity (Wildman–Crippen MR) is 173 cm³/mol. The number of dihydropyridines is 1. The van der Waals surface area contributed by atoms with Crippen LogP contribution >= 0.6 is 0 Å². The molecule has 1 aliphatic rings. The summed E-state index contributed by atoms with van der Waals surface area (Å²) in [7, 11) is -1.10. The summed E-state index contributed by atoms with van der Waals surface area (Å²) >= 11 is 0. The van der Waals surface area contributed by atoms with Crippen LogP contribution in [0, 0.1) is 10.1 Å². The second kappa shape index (κ2) is 14.3. The quantitative estimate of drug-likeness (QED) is 0.107. The van der Waals surface area contributed by atoms with Gasteiger partial charge in [0.1, 0.15) is 5.60 Å². The molecule has 1 N–H and O–H groups in total. The number of ether oxygens (including phenoxy) is 2. The summed E-state index contributed by atoms with van der Waals surface area (Å²) in [4.78, 5) is 40.5. The molecule has 4 rings (SSSR count). The lowest BCUT2D eigenvalue weighted by molar-refractivity contribution is -0.384. The van der Waals surface area contributed by atoms with Gasteiger partial charge in [-0.15, -0.1) is 0 Å². The molecule has 0 saturated carbocycles. The fraction of sp³-hybridized carbons (Fsp3) is 0.333. The summed E-state index contributed by atoms with van der Waals surface area (Å²) in [6.07, 6.45) is 0.816. The van der Waals surface area contributed by atoms with Gasteiger partial charge < -0.3 is 19.7 Å². The van der Waals surface area contributed by atoms with Crippen LogP contribution in [-0.4, -0.2) is 54.5 Å². The number of nitro groups is 1. The number of methoxy groups -OCH3 is 1. The van der Waals surface area contributed by atoms with E-state index in [-0.39, 0.29) is 34.0 Å². The van der Waals surface area contributed by atoms with E-state index in [1.807, 2.05) is 43.4 Å². The maximum Gasteiger partial charge on any atom is 0.337 e. The first-order valence-corrected chi connectivity index (χ1v) is 14.7. The largest absolute Gasteiger partial charge is 0.466 e. The highest BCUT2D eigenvalue weighted by Crippen LogP contribution is 2.40. The van der Waals surface area contributed by atoms with Gasteiger partial charge in [0.25, 0.3) is 5.69 Å². The first-order chi connectivity index (χ1) is 22.6. The predicted octanol–water partition coefficient (Wildman–Crippen LogP) is 6.48. The van der Waals surface area contributed by atoms with Crippen LogP contribution in [0.1, 0.15) is 66.8 Å². The zero-order valence-corrected chi connectivity index (χ0v) is 26.2. The number of hydrogen-bond donors (Lipinski definition) is 1. The minimum atomic E-state index is -3.05. The Labute approximate surface area is 268 Å². The van der Waals surface area contributed by atoms with Gasteiger partial charge >= 0.3 is 11.9 Å². The van der Waals surface area contributed by atoms with E-state index in [9.17, 15) is 19.7 Å². The van der Waals surface area contributed by atoms with Crippen LogP contribution in [0.25, 0.3) is 0 Å². The Morgan fingerprint density at radius 2 is 1.53 bits per heavy atom. The van der Waals surface area contributed by atoms with Crippen LogP contribution in [0.2, 0.25) is 0 Å². The molecule has 3 aromatic rings. The summed E-state index contributed by atoms with van der Waals surface area (Å²) in [6, 6.07) is 26.1. The lowest BCUT2D eigenvalue weighted by Gasteiger charge is -2.34. The number of nitro benzene ring substituents is 1. The molecule has 0 spiro atoms. The Balaban J connectivity index is 1.57. The van der Waals surface area contributed by atoms with Crippen LogP contribution < -0.4 is 5.32 Å². The molecule has 0 bridgehead atoms. The minimum Gasteiger partial charge on any atom is -0.466 e. The van der Waals surface area contributed by atoms with Gasteiger partial charge in [0.2, 0.25) is 0 Å². The number of nitrogens with one attached hydrogen (secondary N) is 1. The molecule has 9 heteroatoms. The molecule has 0 aromatic heterocycles. The van der Waals surface area contributed by atoms with E-state index in [1.54, 1.807) is 27.7 Å². The van der Waals surface area contributed by atoms with Crippen molar-refractivity contribution in [2.75, 3.05) is 27.2 Å². The highest BCUT2D eigenvalue weighted by atomic mass is 16.6. The Morgan fingerprint density at radius 1 is 0.956 bits per heavy atom. The third-order valence-corrected chi connectivity index (χ3v) is 7.93. The SMILES string of the molecule is [2H][13C]([2H])([2H])OC(=O)C1=C(C)NC(C)=C(C(=O)OC(C)(C)CN(C)CCC(c2ccccc2)c2ccccc2)C1c1cccc([N+](=O)[O-])c1. The smallest absolute Gasteiger partial charge is 0.337 e. The fourth-order valence-corrected chi connectivity index (χ4v) is 6.05. The maximum atomic E-state index is 14.0. The molecule has 0 aliphatic carbocycles. The zero-order chi connectivity index (χ0) is 35.2. The fourth-order valence-electron chi connectivity index (χ4n) is 6.05. The molecule has 0 saturated heterocycles. The third kappa shape index (κ3) is 8.05. The van der Waals surface area contributed by atoms with Gasteiger partial charge in [-0.3, -0.25) is 10.1 Å². The average molecular weight is 616 g/mol. The summed E-state index contributed by atoms with van der Waals surface area (Å²) in [5.74, 6) is -2.97. The van der Waals surface area contributed by atoms with Gasteiger partial charge in [0, 0.05) is 36.0 Å². The molecule has 0 radical (unpaired) electrons. The Morgan fingerprint density at radius 3 is 2.09 bits per heavy atom. The van der Waals surface area contributed by atoms with Crippen molar-refractivity contribution in [3.8, 4) is 0 Å². The molecule has 45 heavy (non-hydrogen) atoms. The molecule has 0 fully saturated rings. The number of allylic oxidation sites excluding steroid dienone is 2. The van der Waals surface area contributed by atoms with Crippen LogP contribution in [0.3, 0.4) is 0 Å². The van der Waals surface area contributed by atoms with Crippen molar-refractivity contribution in [1.29, 1.82) is 0 Å². The lowest BCUT2D eigenvalue weighted by atomic mass is 9.80. The first-order valence-electron chi connectivity index (χ1n) is 16.2. The summed E-state index contributed by atoms with van der Waals surface area (Å²) in [5, 5.41) is 14.6.